The van der Waals surface area contributed by atoms with Gasteiger partial charge in [0.2, 0.25) is 10.0 Å². The number of aryl methyl sites for hydroxylation is 1. The second kappa shape index (κ2) is 5.59. The van der Waals surface area contributed by atoms with Crippen LogP contribution in [0.15, 0.2) is 23.1 Å². The number of nitrogens with zero attached hydrogens (tertiary/aromatic N) is 1. The van der Waals surface area contributed by atoms with Gasteiger partial charge in [0, 0.05) is 0 Å². The summed E-state index contributed by atoms with van der Waals surface area (Å²) in [4.78, 5) is 0.0645. The lowest BCUT2D eigenvalue weighted by molar-refractivity contribution is 0.263. The minimum atomic E-state index is -3.69. The first-order valence-electron chi connectivity index (χ1n) is 5.83. The normalized spacial score (nSPS) is 11.9. The fraction of sp³-hybridized carbons (Fsp3) is 0.462. The molecule has 0 aliphatic heterocycles. The Hall–Kier alpha value is -1.58. The van der Waals surface area contributed by atoms with Gasteiger partial charge >= 0.3 is 0 Å². The minimum Gasteiger partial charge on any atom is -0.493 e. The molecule has 0 saturated carbocycles. The molecule has 19 heavy (non-hydrogen) atoms. The molecule has 0 aliphatic carbocycles. The van der Waals surface area contributed by atoms with Crippen molar-refractivity contribution in [2.24, 2.45) is 10.6 Å². The van der Waals surface area contributed by atoms with Crippen molar-refractivity contribution in [1.82, 2.24) is 0 Å². The van der Waals surface area contributed by atoms with Crippen LogP contribution >= 0.6 is 0 Å². The van der Waals surface area contributed by atoms with Crippen LogP contribution in [0.2, 0.25) is 0 Å². The standard InChI is InChI=1S/C13H18N2O3S/c1-10-8-11(19(15,16)17)4-5-12(10)18-7-6-13(2,3)9-14/h4-5,8H,6-7H2,1-3H3,(H2,15,16,17). The Bertz CT molecular complexity index is 601. The van der Waals surface area contributed by atoms with Gasteiger partial charge in [-0.15, -0.1) is 0 Å². The first-order valence-corrected chi connectivity index (χ1v) is 7.38. The van der Waals surface area contributed by atoms with Crippen molar-refractivity contribution in [1.29, 1.82) is 5.26 Å². The Kier molecular flexibility index (Phi) is 4.56. The quantitative estimate of drug-likeness (QED) is 0.893. The van der Waals surface area contributed by atoms with Crippen LogP contribution in [-0.2, 0) is 10.0 Å². The third-order valence-corrected chi connectivity index (χ3v) is 3.67. The number of hydrogen-bond donors (Lipinski definition) is 1. The fourth-order valence-corrected chi connectivity index (χ4v) is 2.03. The van der Waals surface area contributed by atoms with Crippen molar-refractivity contribution in [2.75, 3.05) is 6.61 Å². The average molecular weight is 282 g/mol. The third kappa shape index (κ3) is 4.54. The molecule has 0 aliphatic rings. The van der Waals surface area contributed by atoms with E-state index in [1.165, 1.54) is 12.1 Å². The van der Waals surface area contributed by atoms with E-state index in [9.17, 15) is 8.42 Å². The van der Waals surface area contributed by atoms with Crippen molar-refractivity contribution < 1.29 is 13.2 Å². The van der Waals surface area contributed by atoms with Gasteiger partial charge < -0.3 is 4.74 Å². The maximum absolute atomic E-state index is 11.2. The van der Waals surface area contributed by atoms with Crippen LogP contribution in [0.4, 0.5) is 0 Å². The lowest BCUT2D eigenvalue weighted by atomic mass is 9.92. The number of sulfonamides is 1. The zero-order valence-electron chi connectivity index (χ0n) is 11.3. The highest BCUT2D eigenvalue weighted by atomic mass is 32.2. The topological polar surface area (TPSA) is 93.2 Å². The second-order valence-corrected chi connectivity index (χ2v) is 6.63. The molecule has 5 nitrogen and oxygen atoms in total. The Morgan fingerprint density at radius 3 is 2.53 bits per heavy atom. The number of hydrogen-bond acceptors (Lipinski definition) is 4. The van der Waals surface area contributed by atoms with E-state index < -0.39 is 15.4 Å². The van der Waals surface area contributed by atoms with E-state index >= 15 is 0 Å². The SMILES string of the molecule is Cc1cc(S(N)(=O)=O)ccc1OCCC(C)(C)C#N. The summed E-state index contributed by atoms with van der Waals surface area (Å²) in [6.45, 7) is 5.83. The molecule has 0 spiro atoms. The third-order valence-electron chi connectivity index (χ3n) is 2.76. The van der Waals surface area contributed by atoms with Crippen LogP contribution in [-0.4, -0.2) is 15.0 Å². The maximum atomic E-state index is 11.2. The number of rotatable bonds is 5. The molecule has 0 bridgehead atoms. The van der Waals surface area contributed by atoms with Crippen LogP contribution in [0.25, 0.3) is 0 Å². The minimum absolute atomic E-state index is 0.0645. The molecule has 0 fully saturated rings. The van der Waals surface area contributed by atoms with Crippen LogP contribution < -0.4 is 9.88 Å². The summed E-state index contributed by atoms with van der Waals surface area (Å²) in [5.41, 5.74) is 0.260. The molecule has 1 aromatic rings. The summed E-state index contributed by atoms with van der Waals surface area (Å²) in [6, 6.07) is 6.66. The average Bonchev–Trinajstić information content (AvgIpc) is 2.30. The van der Waals surface area contributed by atoms with Gasteiger partial charge in [-0.2, -0.15) is 5.26 Å². The summed E-state index contributed by atoms with van der Waals surface area (Å²) < 4.78 is 27.9. The zero-order chi connectivity index (χ0) is 14.7. The molecule has 1 aromatic carbocycles. The molecule has 0 aromatic heterocycles. The van der Waals surface area contributed by atoms with Crippen molar-refractivity contribution in [3.8, 4) is 11.8 Å². The van der Waals surface area contributed by atoms with Crippen LogP contribution in [0.3, 0.4) is 0 Å². The van der Waals surface area contributed by atoms with Crippen LogP contribution in [0.1, 0.15) is 25.8 Å². The van der Waals surface area contributed by atoms with Gasteiger partial charge in [0.1, 0.15) is 5.75 Å². The number of primary sulfonamides is 1. The van der Waals surface area contributed by atoms with E-state index in [0.717, 1.165) is 0 Å². The largest absolute Gasteiger partial charge is 0.493 e. The van der Waals surface area contributed by atoms with Crippen LogP contribution in [0.5, 0.6) is 5.75 Å². The number of ether oxygens (including phenoxy) is 1. The smallest absolute Gasteiger partial charge is 0.238 e. The van der Waals surface area contributed by atoms with Crippen molar-refractivity contribution in [3.63, 3.8) is 0 Å². The van der Waals surface area contributed by atoms with Crippen molar-refractivity contribution in [2.45, 2.75) is 32.1 Å². The maximum Gasteiger partial charge on any atom is 0.238 e. The highest BCUT2D eigenvalue weighted by Gasteiger charge is 2.17. The van der Waals surface area contributed by atoms with Gasteiger partial charge in [-0.25, -0.2) is 13.6 Å². The molecule has 0 radical (unpaired) electrons. The monoisotopic (exact) mass is 282 g/mol. The lowest BCUT2D eigenvalue weighted by Crippen LogP contribution is -2.14. The second-order valence-electron chi connectivity index (χ2n) is 5.07. The summed E-state index contributed by atoms with van der Waals surface area (Å²) in [5.74, 6) is 0.598. The Balaban J connectivity index is 2.75. The molecule has 0 amide bonds. The van der Waals surface area contributed by atoms with Crippen LogP contribution in [0, 0.1) is 23.7 Å². The predicted octanol–water partition coefficient (Wildman–Crippen LogP) is 1.96. The first kappa shape index (κ1) is 15.5. The molecule has 2 N–H and O–H groups in total. The predicted molar refractivity (Wildman–Crippen MR) is 72.1 cm³/mol. The summed E-state index contributed by atoms with van der Waals surface area (Å²) in [7, 11) is -3.69. The lowest BCUT2D eigenvalue weighted by Gasteiger charge is -2.16. The van der Waals surface area contributed by atoms with E-state index in [1.54, 1.807) is 13.0 Å². The van der Waals surface area contributed by atoms with Gasteiger partial charge in [-0.3, -0.25) is 0 Å². The van der Waals surface area contributed by atoms with Gasteiger partial charge in [0.05, 0.1) is 23.0 Å². The fourth-order valence-electron chi connectivity index (χ4n) is 1.43. The first-order chi connectivity index (χ1) is 8.65. The van der Waals surface area contributed by atoms with Gasteiger partial charge in [0.25, 0.3) is 0 Å². The molecule has 0 heterocycles. The van der Waals surface area contributed by atoms with E-state index in [4.69, 9.17) is 15.1 Å². The van der Waals surface area contributed by atoms with Gasteiger partial charge in [-0.1, -0.05) is 0 Å². The summed E-state index contributed by atoms with van der Waals surface area (Å²) in [6.07, 6.45) is 0.597. The molecule has 1 rings (SSSR count). The molecule has 0 unspecified atom stereocenters. The molecule has 6 heteroatoms. The molecule has 0 atom stereocenters. The molecular weight excluding hydrogens is 264 g/mol. The van der Waals surface area contributed by atoms with E-state index in [2.05, 4.69) is 6.07 Å². The number of nitriles is 1. The Morgan fingerprint density at radius 1 is 1.42 bits per heavy atom. The Labute approximate surface area is 114 Å². The zero-order valence-corrected chi connectivity index (χ0v) is 12.1. The number of nitrogens with two attached hydrogens (primary N) is 1. The number of benzene rings is 1. The van der Waals surface area contributed by atoms with Gasteiger partial charge in [0.15, 0.2) is 0 Å². The van der Waals surface area contributed by atoms with Crippen molar-refractivity contribution >= 4 is 10.0 Å². The summed E-state index contributed by atoms with van der Waals surface area (Å²) >= 11 is 0. The van der Waals surface area contributed by atoms with E-state index in [1.807, 2.05) is 13.8 Å². The van der Waals surface area contributed by atoms with Gasteiger partial charge in [-0.05, 0) is 51.0 Å². The summed E-state index contributed by atoms with van der Waals surface area (Å²) in [5, 5.41) is 13.9. The molecule has 0 saturated heterocycles. The van der Waals surface area contributed by atoms with E-state index in [-0.39, 0.29) is 4.90 Å². The molecular formula is C13H18N2O3S. The van der Waals surface area contributed by atoms with E-state index in [0.29, 0.717) is 24.3 Å². The van der Waals surface area contributed by atoms with Crippen molar-refractivity contribution in [3.05, 3.63) is 23.8 Å². The Morgan fingerprint density at radius 2 is 2.05 bits per heavy atom. The highest BCUT2D eigenvalue weighted by molar-refractivity contribution is 7.89. The molecule has 104 valence electrons. The highest BCUT2D eigenvalue weighted by Crippen LogP contribution is 2.23.